The number of rotatable bonds is 5. The van der Waals surface area contributed by atoms with Gasteiger partial charge in [0.1, 0.15) is 11.5 Å². The molecule has 144 valence electrons. The van der Waals surface area contributed by atoms with Gasteiger partial charge in [-0.2, -0.15) is 0 Å². The van der Waals surface area contributed by atoms with E-state index in [0.29, 0.717) is 17.9 Å². The zero-order valence-electron chi connectivity index (χ0n) is 15.4. The molecule has 0 aliphatic heterocycles. The van der Waals surface area contributed by atoms with Crippen LogP contribution in [0.25, 0.3) is 27.1 Å². The zero-order valence-corrected chi connectivity index (χ0v) is 16.2. The standard InChI is InChI=1S/C22H17FN4OS/c23-16-7-5-14(6-8-16)19-12-27-20(13-29-22(27)26-19)21(28)24-10-9-15-11-25-18-4-2-1-3-17(15)18/h1-8,11-13,25H,9-10H2,(H,24,28). The first-order chi connectivity index (χ1) is 14.2. The number of benzene rings is 2. The average Bonchev–Trinajstić information content (AvgIpc) is 3.43. The van der Waals surface area contributed by atoms with Crippen LogP contribution < -0.4 is 5.32 Å². The van der Waals surface area contributed by atoms with E-state index in [2.05, 4.69) is 21.4 Å². The monoisotopic (exact) mass is 404 g/mol. The van der Waals surface area contributed by atoms with Gasteiger partial charge in [0.25, 0.3) is 5.91 Å². The Morgan fingerprint density at radius 1 is 1.17 bits per heavy atom. The highest BCUT2D eigenvalue weighted by Gasteiger charge is 2.15. The molecular formula is C22H17FN4OS. The lowest BCUT2D eigenvalue weighted by molar-refractivity contribution is 0.0948. The van der Waals surface area contributed by atoms with Gasteiger partial charge in [-0.1, -0.05) is 18.2 Å². The van der Waals surface area contributed by atoms with E-state index in [1.807, 2.05) is 30.6 Å². The Labute approximate surface area is 169 Å². The number of carbonyl (C=O) groups excluding carboxylic acids is 1. The summed E-state index contributed by atoms with van der Waals surface area (Å²) in [5.41, 5.74) is 4.35. The quantitative estimate of drug-likeness (QED) is 0.448. The van der Waals surface area contributed by atoms with E-state index < -0.39 is 0 Å². The molecule has 29 heavy (non-hydrogen) atoms. The van der Waals surface area contributed by atoms with Crippen LogP contribution in [0.3, 0.4) is 0 Å². The Bertz CT molecular complexity index is 1320. The summed E-state index contributed by atoms with van der Waals surface area (Å²) in [6.45, 7) is 0.539. The van der Waals surface area contributed by atoms with Gasteiger partial charge < -0.3 is 10.3 Å². The molecule has 0 atom stereocenters. The van der Waals surface area contributed by atoms with Crippen LogP contribution in [-0.4, -0.2) is 26.8 Å². The van der Waals surface area contributed by atoms with Gasteiger partial charge in [0.05, 0.1) is 5.69 Å². The smallest absolute Gasteiger partial charge is 0.269 e. The van der Waals surface area contributed by atoms with Gasteiger partial charge in [0.2, 0.25) is 0 Å². The molecular weight excluding hydrogens is 387 g/mol. The Balaban J connectivity index is 1.31. The molecule has 0 aliphatic carbocycles. The van der Waals surface area contributed by atoms with Crippen LogP contribution in [0.2, 0.25) is 0 Å². The largest absolute Gasteiger partial charge is 0.361 e. The number of carbonyl (C=O) groups is 1. The van der Waals surface area contributed by atoms with Gasteiger partial charge >= 0.3 is 0 Å². The molecule has 7 heteroatoms. The van der Waals surface area contributed by atoms with Crippen molar-refractivity contribution in [2.24, 2.45) is 0 Å². The number of thiazole rings is 1. The molecule has 0 saturated heterocycles. The number of para-hydroxylation sites is 1. The number of nitrogens with zero attached hydrogens (tertiary/aromatic N) is 2. The lowest BCUT2D eigenvalue weighted by atomic mass is 10.1. The fourth-order valence-electron chi connectivity index (χ4n) is 3.45. The first kappa shape index (κ1) is 17.6. The van der Waals surface area contributed by atoms with Crippen LogP contribution in [-0.2, 0) is 6.42 Å². The highest BCUT2D eigenvalue weighted by Crippen LogP contribution is 2.24. The molecule has 0 unspecified atom stereocenters. The first-order valence-corrected chi connectivity index (χ1v) is 10.1. The van der Waals surface area contributed by atoms with Crippen molar-refractivity contribution in [3.63, 3.8) is 0 Å². The van der Waals surface area contributed by atoms with Gasteiger partial charge in [-0.3, -0.25) is 9.20 Å². The van der Waals surface area contributed by atoms with E-state index in [9.17, 15) is 9.18 Å². The molecule has 0 radical (unpaired) electrons. The molecule has 2 aromatic carbocycles. The second kappa shape index (κ2) is 7.18. The van der Waals surface area contributed by atoms with E-state index in [1.54, 1.807) is 21.9 Å². The number of halogens is 1. The van der Waals surface area contributed by atoms with E-state index in [-0.39, 0.29) is 11.7 Å². The minimum Gasteiger partial charge on any atom is -0.361 e. The Hall–Kier alpha value is -3.45. The fourth-order valence-corrected chi connectivity index (χ4v) is 4.30. The van der Waals surface area contributed by atoms with Crippen molar-refractivity contribution in [3.8, 4) is 11.3 Å². The van der Waals surface area contributed by atoms with Crippen LogP contribution in [0.1, 0.15) is 16.1 Å². The SMILES string of the molecule is O=C(NCCc1c[nH]c2ccccc12)c1csc2nc(-c3ccc(F)cc3)cn12. The molecule has 0 bridgehead atoms. The van der Waals surface area contributed by atoms with Crippen LogP contribution in [0, 0.1) is 5.82 Å². The van der Waals surface area contributed by atoms with Gasteiger partial charge in [0.15, 0.2) is 4.96 Å². The number of aromatic amines is 1. The predicted octanol–water partition coefficient (Wildman–Crippen LogP) is 4.66. The molecule has 0 saturated carbocycles. The van der Waals surface area contributed by atoms with Crippen LogP contribution in [0.5, 0.6) is 0 Å². The van der Waals surface area contributed by atoms with Crippen molar-refractivity contribution in [2.45, 2.75) is 6.42 Å². The summed E-state index contributed by atoms with van der Waals surface area (Å²) in [5, 5.41) is 5.97. The second-order valence-corrected chi connectivity index (χ2v) is 7.61. The molecule has 0 aliphatic rings. The van der Waals surface area contributed by atoms with Crippen molar-refractivity contribution >= 4 is 33.1 Å². The first-order valence-electron chi connectivity index (χ1n) is 9.25. The van der Waals surface area contributed by atoms with Crippen molar-refractivity contribution in [1.82, 2.24) is 19.7 Å². The topological polar surface area (TPSA) is 62.2 Å². The summed E-state index contributed by atoms with van der Waals surface area (Å²) in [6.07, 6.45) is 4.55. The van der Waals surface area contributed by atoms with E-state index >= 15 is 0 Å². The van der Waals surface area contributed by atoms with E-state index in [4.69, 9.17) is 0 Å². The summed E-state index contributed by atoms with van der Waals surface area (Å²) < 4.78 is 14.9. The van der Waals surface area contributed by atoms with Gasteiger partial charge in [-0.15, -0.1) is 11.3 Å². The number of hydrogen-bond donors (Lipinski definition) is 2. The minimum absolute atomic E-state index is 0.140. The van der Waals surface area contributed by atoms with Gasteiger partial charge in [0, 0.05) is 40.8 Å². The maximum atomic E-state index is 13.1. The lowest BCUT2D eigenvalue weighted by Crippen LogP contribution is -2.26. The molecule has 0 spiro atoms. The maximum Gasteiger partial charge on any atom is 0.269 e. The summed E-state index contributed by atoms with van der Waals surface area (Å²) in [6, 6.07) is 14.3. The number of aromatic nitrogens is 3. The minimum atomic E-state index is -0.287. The normalized spacial score (nSPS) is 11.3. The zero-order chi connectivity index (χ0) is 19.8. The summed E-state index contributed by atoms with van der Waals surface area (Å²) >= 11 is 1.41. The predicted molar refractivity (Wildman–Crippen MR) is 113 cm³/mol. The van der Waals surface area contributed by atoms with E-state index in [0.717, 1.165) is 22.5 Å². The number of fused-ring (bicyclic) bond motifs is 2. The van der Waals surface area contributed by atoms with Crippen LogP contribution >= 0.6 is 11.3 Å². The second-order valence-electron chi connectivity index (χ2n) is 6.77. The number of amides is 1. The number of H-pyrrole nitrogens is 1. The van der Waals surface area contributed by atoms with Gasteiger partial charge in [-0.05, 0) is 42.3 Å². The van der Waals surface area contributed by atoms with Crippen molar-refractivity contribution < 1.29 is 9.18 Å². The molecule has 0 fully saturated rings. The fraction of sp³-hybridized carbons (Fsp3) is 0.0909. The molecule has 2 N–H and O–H groups in total. The third-order valence-corrected chi connectivity index (χ3v) is 5.78. The third-order valence-electron chi connectivity index (χ3n) is 4.94. The molecule has 5 aromatic rings. The number of nitrogens with one attached hydrogen (secondary N) is 2. The van der Waals surface area contributed by atoms with Crippen LogP contribution in [0.15, 0.2) is 66.3 Å². The van der Waals surface area contributed by atoms with Crippen molar-refractivity contribution in [1.29, 1.82) is 0 Å². The maximum absolute atomic E-state index is 13.1. The molecule has 3 heterocycles. The highest BCUT2D eigenvalue weighted by atomic mass is 32.1. The lowest BCUT2D eigenvalue weighted by Gasteiger charge is -2.04. The highest BCUT2D eigenvalue weighted by molar-refractivity contribution is 7.15. The average molecular weight is 404 g/mol. The van der Waals surface area contributed by atoms with E-state index in [1.165, 1.54) is 34.4 Å². The summed E-state index contributed by atoms with van der Waals surface area (Å²) in [4.78, 5) is 21.2. The van der Waals surface area contributed by atoms with Gasteiger partial charge in [-0.25, -0.2) is 9.37 Å². The molecule has 5 rings (SSSR count). The van der Waals surface area contributed by atoms with Crippen molar-refractivity contribution in [2.75, 3.05) is 6.54 Å². The van der Waals surface area contributed by atoms with Crippen LogP contribution in [0.4, 0.5) is 4.39 Å². The molecule has 1 amide bonds. The number of imidazole rings is 1. The summed E-state index contributed by atoms with van der Waals surface area (Å²) in [7, 11) is 0. The Kier molecular flexibility index (Phi) is 4.37. The Morgan fingerprint density at radius 2 is 2.00 bits per heavy atom. The molecule has 5 nitrogen and oxygen atoms in total. The molecule has 3 aromatic heterocycles. The van der Waals surface area contributed by atoms with Crippen molar-refractivity contribution in [3.05, 3.63) is 83.4 Å². The number of hydrogen-bond acceptors (Lipinski definition) is 3. The third kappa shape index (κ3) is 3.30. The Morgan fingerprint density at radius 3 is 2.86 bits per heavy atom. The summed E-state index contributed by atoms with van der Waals surface area (Å²) in [5.74, 6) is -0.427.